The van der Waals surface area contributed by atoms with Gasteiger partial charge in [-0.2, -0.15) is 5.10 Å². The molecule has 4 nitrogen and oxygen atoms in total. The molecule has 1 fully saturated rings. The molecule has 1 N–H and O–H groups in total. The van der Waals surface area contributed by atoms with Crippen LogP contribution in [0.4, 0.5) is 0 Å². The summed E-state index contributed by atoms with van der Waals surface area (Å²) in [6, 6.07) is 9.22. The lowest BCUT2D eigenvalue weighted by molar-refractivity contribution is 0.621. The maximum Gasteiger partial charge on any atom is 0.0834 e. The van der Waals surface area contributed by atoms with Gasteiger partial charge in [-0.1, -0.05) is 19.9 Å². The Morgan fingerprint density at radius 3 is 2.67 bits per heavy atom. The highest BCUT2D eigenvalue weighted by Gasteiger charge is 2.20. The molecule has 4 heteroatoms. The van der Waals surface area contributed by atoms with Crippen LogP contribution in [0.25, 0.3) is 0 Å². The second-order valence-corrected chi connectivity index (χ2v) is 5.77. The summed E-state index contributed by atoms with van der Waals surface area (Å²) in [6.07, 6.45) is 4.62. The first-order chi connectivity index (χ1) is 10.3. The van der Waals surface area contributed by atoms with E-state index in [9.17, 15) is 0 Å². The lowest BCUT2D eigenvalue weighted by atomic mass is 10.2. The minimum atomic E-state index is 0.723. The van der Waals surface area contributed by atoms with Crippen LogP contribution in [0.2, 0.25) is 0 Å². The van der Waals surface area contributed by atoms with Gasteiger partial charge in [0.2, 0.25) is 0 Å². The second-order valence-electron chi connectivity index (χ2n) is 5.77. The maximum absolute atomic E-state index is 4.75. The summed E-state index contributed by atoms with van der Waals surface area (Å²) in [5, 5.41) is 8.18. The SMILES string of the molecule is CCc1cc(CC)n(Cc2cccc(CNC3CC3)n2)n1. The molecule has 0 amide bonds. The fourth-order valence-corrected chi connectivity index (χ4v) is 2.51. The van der Waals surface area contributed by atoms with Crippen LogP contribution in [0.5, 0.6) is 0 Å². The van der Waals surface area contributed by atoms with Crippen LogP contribution in [-0.4, -0.2) is 20.8 Å². The molecule has 0 bridgehead atoms. The minimum Gasteiger partial charge on any atom is -0.308 e. The molecule has 1 aliphatic rings. The van der Waals surface area contributed by atoms with Gasteiger partial charge in [-0.25, -0.2) is 0 Å². The summed E-state index contributed by atoms with van der Waals surface area (Å²) in [7, 11) is 0. The van der Waals surface area contributed by atoms with Crippen molar-refractivity contribution in [3.63, 3.8) is 0 Å². The van der Waals surface area contributed by atoms with Gasteiger partial charge in [0.15, 0.2) is 0 Å². The van der Waals surface area contributed by atoms with Gasteiger partial charge in [-0.15, -0.1) is 0 Å². The third-order valence-electron chi connectivity index (χ3n) is 3.96. The Hall–Kier alpha value is -1.68. The number of hydrogen-bond donors (Lipinski definition) is 1. The topological polar surface area (TPSA) is 42.7 Å². The summed E-state index contributed by atoms with van der Waals surface area (Å²) >= 11 is 0. The average molecular weight is 284 g/mol. The Balaban J connectivity index is 1.71. The summed E-state index contributed by atoms with van der Waals surface area (Å²) < 4.78 is 2.10. The van der Waals surface area contributed by atoms with Gasteiger partial charge in [0.05, 0.1) is 23.6 Å². The van der Waals surface area contributed by atoms with Crippen LogP contribution in [0.3, 0.4) is 0 Å². The van der Waals surface area contributed by atoms with Crippen LogP contribution in [0.1, 0.15) is 49.5 Å². The monoisotopic (exact) mass is 284 g/mol. The molecule has 0 saturated heterocycles. The van der Waals surface area contributed by atoms with E-state index in [1.807, 2.05) is 0 Å². The molecule has 2 aromatic heterocycles. The van der Waals surface area contributed by atoms with Crippen molar-refractivity contribution in [2.24, 2.45) is 0 Å². The van der Waals surface area contributed by atoms with Crippen LogP contribution in [-0.2, 0) is 25.9 Å². The van der Waals surface area contributed by atoms with Crippen molar-refractivity contribution >= 4 is 0 Å². The molecule has 3 rings (SSSR count). The summed E-state index contributed by atoms with van der Waals surface area (Å²) in [5.74, 6) is 0. The normalized spacial score (nSPS) is 14.6. The molecule has 21 heavy (non-hydrogen) atoms. The van der Waals surface area contributed by atoms with E-state index in [-0.39, 0.29) is 0 Å². The molecule has 0 aliphatic heterocycles. The molecule has 1 saturated carbocycles. The van der Waals surface area contributed by atoms with Crippen molar-refractivity contribution in [3.8, 4) is 0 Å². The number of rotatable bonds is 7. The van der Waals surface area contributed by atoms with E-state index < -0.39 is 0 Å². The van der Waals surface area contributed by atoms with E-state index in [4.69, 9.17) is 4.98 Å². The van der Waals surface area contributed by atoms with Crippen molar-refractivity contribution in [1.29, 1.82) is 0 Å². The van der Waals surface area contributed by atoms with Crippen LogP contribution in [0.15, 0.2) is 24.3 Å². The lowest BCUT2D eigenvalue weighted by Crippen LogP contribution is -2.17. The summed E-state index contributed by atoms with van der Waals surface area (Å²) in [4.78, 5) is 4.75. The second kappa shape index (κ2) is 6.39. The van der Waals surface area contributed by atoms with E-state index in [0.717, 1.165) is 43.4 Å². The number of pyridine rings is 1. The van der Waals surface area contributed by atoms with Gasteiger partial charge < -0.3 is 5.32 Å². The largest absolute Gasteiger partial charge is 0.308 e. The molecule has 0 radical (unpaired) electrons. The molecule has 0 aromatic carbocycles. The molecule has 2 aromatic rings. The molecule has 0 atom stereocenters. The minimum absolute atomic E-state index is 0.723. The average Bonchev–Trinajstić information content (AvgIpc) is 3.26. The van der Waals surface area contributed by atoms with E-state index in [2.05, 4.69) is 53.2 Å². The quantitative estimate of drug-likeness (QED) is 0.850. The standard InChI is InChI=1S/C17H24N4/c1-3-13-10-17(4-2)21(20-13)12-16-7-5-6-15(19-16)11-18-14-8-9-14/h5-7,10,14,18H,3-4,8-9,11-12H2,1-2H3. The molecular weight excluding hydrogens is 260 g/mol. The first kappa shape index (κ1) is 14.3. The summed E-state index contributed by atoms with van der Waals surface area (Å²) in [6.45, 7) is 5.96. The Kier molecular flexibility index (Phi) is 4.34. The zero-order valence-corrected chi connectivity index (χ0v) is 13.0. The molecule has 0 unspecified atom stereocenters. The first-order valence-electron chi connectivity index (χ1n) is 8.02. The number of aromatic nitrogens is 3. The van der Waals surface area contributed by atoms with Gasteiger partial charge in [0, 0.05) is 18.3 Å². The Bertz CT molecular complexity index is 599. The molecular formula is C17H24N4. The third-order valence-corrected chi connectivity index (χ3v) is 3.96. The van der Waals surface area contributed by atoms with Crippen molar-refractivity contribution in [1.82, 2.24) is 20.1 Å². The maximum atomic E-state index is 4.75. The van der Waals surface area contributed by atoms with Crippen LogP contribution >= 0.6 is 0 Å². The Morgan fingerprint density at radius 2 is 1.95 bits per heavy atom. The predicted octanol–water partition coefficient (Wildman–Crippen LogP) is 2.70. The third kappa shape index (κ3) is 3.70. The van der Waals surface area contributed by atoms with E-state index in [1.165, 1.54) is 24.2 Å². The Labute approximate surface area is 126 Å². The van der Waals surface area contributed by atoms with Gasteiger partial charge in [-0.3, -0.25) is 9.67 Å². The highest BCUT2D eigenvalue weighted by atomic mass is 15.3. The molecule has 0 spiro atoms. The van der Waals surface area contributed by atoms with E-state index >= 15 is 0 Å². The van der Waals surface area contributed by atoms with Crippen molar-refractivity contribution in [2.45, 2.75) is 58.7 Å². The number of nitrogens with one attached hydrogen (secondary N) is 1. The molecule has 1 aliphatic carbocycles. The zero-order chi connectivity index (χ0) is 14.7. The van der Waals surface area contributed by atoms with E-state index in [1.54, 1.807) is 0 Å². The van der Waals surface area contributed by atoms with Crippen LogP contribution in [0, 0.1) is 0 Å². The number of aryl methyl sites for hydroxylation is 2. The lowest BCUT2D eigenvalue weighted by Gasteiger charge is -2.08. The fourth-order valence-electron chi connectivity index (χ4n) is 2.51. The van der Waals surface area contributed by atoms with Crippen molar-refractivity contribution < 1.29 is 0 Å². The number of nitrogens with zero attached hydrogens (tertiary/aromatic N) is 3. The van der Waals surface area contributed by atoms with Gasteiger partial charge >= 0.3 is 0 Å². The van der Waals surface area contributed by atoms with Gasteiger partial charge in [-0.05, 0) is 43.9 Å². The summed E-state index contributed by atoms with van der Waals surface area (Å²) in [5.41, 5.74) is 4.67. The smallest absolute Gasteiger partial charge is 0.0834 e. The van der Waals surface area contributed by atoms with E-state index in [0.29, 0.717) is 0 Å². The molecule has 2 heterocycles. The predicted molar refractivity (Wildman–Crippen MR) is 84.2 cm³/mol. The van der Waals surface area contributed by atoms with Gasteiger partial charge in [0.25, 0.3) is 0 Å². The number of hydrogen-bond acceptors (Lipinski definition) is 3. The van der Waals surface area contributed by atoms with Crippen molar-refractivity contribution in [2.75, 3.05) is 0 Å². The van der Waals surface area contributed by atoms with Gasteiger partial charge in [0.1, 0.15) is 0 Å². The van der Waals surface area contributed by atoms with Crippen LogP contribution < -0.4 is 5.32 Å². The first-order valence-corrected chi connectivity index (χ1v) is 8.02. The molecule has 112 valence electrons. The zero-order valence-electron chi connectivity index (χ0n) is 13.0. The highest BCUT2D eigenvalue weighted by molar-refractivity contribution is 5.15. The van der Waals surface area contributed by atoms with Crippen molar-refractivity contribution in [3.05, 3.63) is 47.0 Å². The highest BCUT2D eigenvalue weighted by Crippen LogP contribution is 2.19. The fraction of sp³-hybridized carbons (Fsp3) is 0.529. The Morgan fingerprint density at radius 1 is 1.14 bits per heavy atom.